The van der Waals surface area contributed by atoms with E-state index >= 15 is 0 Å². The first kappa shape index (κ1) is 21.9. The lowest BCUT2D eigenvalue weighted by atomic mass is 10.1. The molecule has 2 N–H and O–H groups in total. The van der Waals surface area contributed by atoms with Crippen molar-refractivity contribution in [1.82, 2.24) is 4.72 Å². The Morgan fingerprint density at radius 2 is 1.78 bits per heavy atom. The molecule has 0 aliphatic heterocycles. The first-order valence-corrected chi connectivity index (χ1v) is 11.4. The fourth-order valence-electron chi connectivity index (χ4n) is 3.00. The molecular formula is C23H20F2N2O4S. The Morgan fingerprint density at radius 1 is 1.00 bits per heavy atom. The summed E-state index contributed by atoms with van der Waals surface area (Å²) in [7, 11) is -4.05. The van der Waals surface area contributed by atoms with E-state index in [9.17, 15) is 22.0 Å². The van der Waals surface area contributed by atoms with Crippen LogP contribution in [0.25, 0.3) is 0 Å². The molecule has 0 bridgehead atoms. The van der Waals surface area contributed by atoms with Crippen molar-refractivity contribution in [2.75, 3.05) is 5.32 Å². The van der Waals surface area contributed by atoms with E-state index in [0.717, 1.165) is 17.7 Å². The van der Waals surface area contributed by atoms with Gasteiger partial charge in [0.2, 0.25) is 10.0 Å². The average Bonchev–Trinajstić information content (AvgIpc) is 3.56. The molecule has 1 aliphatic rings. The Morgan fingerprint density at radius 3 is 2.53 bits per heavy atom. The maximum Gasteiger partial charge on any atom is 0.255 e. The number of carbonyl (C=O) groups excluding carboxylic acids is 1. The van der Waals surface area contributed by atoms with Crippen LogP contribution in [0.2, 0.25) is 0 Å². The molecule has 0 aromatic heterocycles. The molecule has 1 aliphatic carbocycles. The van der Waals surface area contributed by atoms with Crippen LogP contribution >= 0.6 is 0 Å². The molecule has 9 heteroatoms. The number of benzene rings is 3. The van der Waals surface area contributed by atoms with E-state index in [0.29, 0.717) is 24.3 Å². The van der Waals surface area contributed by atoms with Gasteiger partial charge in [-0.3, -0.25) is 4.79 Å². The van der Waals surface area contributed by atoms with Gasteiger partial charge in [0.1, 0.15) is 28.9 Å². The summed E-state index contributed by atoms with van der Waals surface area (Å²) in [5.41, 5.74) is 1.17. The molecule has 0 unspecified atom stereocenters. The van der Waals surface area contributed by atoms with Crippen LogP contribution in [0.4, 0.5) is 14.5 Å². The topological polar surface area (TPSA) is 84.5 Å². The molecule has 166 valence electrons. The van der Waals surface area contributed by atoms with Crippen LogP contribution in [-0.2, 0) is 16.6 Å². The molecule has 1 fully saturated rings. The van der Waals surface area contributed by atoms with Crippen molar-refractivity contribution in [1.29, 1.82) is 0 Å². The van der Waals surface area contributed by atoms with Gasteiger partial charge in [0.25, 0.3) is 5.91 Å². The quantitative estimate of drug-likeness (QED) is 0.529. The van der Waals surface area contributed by atoms with Gasteiger partial charge in [-0.2, -0.15) is 0 Å². The van der Waals surface area contributed by atoms with Gasteiger partial charge in [-0.15, -0.1) is 0 Å². The molecule has 0 spiro atoms. The highest BCUT2D eigenvalue weighted by Gasteiger charge is 2.30. The number of amides is 1. The summed E-state index contributed by atoms with van der Waals surface area (Å²) >= 11 is 0. The summed E-state index contributed by atoms with van der Waals surface area (Å²) in [6.45, 7) is 0.152. The minimum Gasteiger partial charge on any atom is -0.489 e. The maximum absolute atomic E-state index is 14.1. The fourth-order valence-corrected chi connectivity index (χ4v) is 4.41. The third kappa shape index (κ3) is 5.49. The predicted octanol–water partition coefficient (Wildman–Crippen LogP) is 4.24. The minimum absolute atomic E-state index is 0.00369. The Labute approximate surface area is 184 Å². The van der Waals surface area contributed by atoms with E-state index in [4.69, 9.17) is 4.74 Å². The number of anilines is 1. The second kappa shape index (κ2) is 9.05. The van der Waals surface area contributed by atoms with Crippen LogP contribution in [0.1, 0.15) is 28.8 Å². The molecule has 0 radical (unpaired) electrons. The van der Waals surface area contributed by atoms with Crippen LogP contribution in [0.5, 0.6) is 5.75 Å². The Bertz CT molecular complexity index is 1260. The predicted molar refractivity (Wildman–Crippen MR) is 115 cm³/mol. The second-order valence-corrected chi connectivity index (χ2v) is 9.12. The number of rotatable bonds is 8. The summed E-state index contributed by atoms with van der Waals surface area (Å²) in [6, 6.07) is 15.6. The van der Waals surface area contributed by atoms with Crippen molar-refractivity contribution in [2.45, 2.75) is 30.4 Å². The zero-order chi connectivity index (χ0) is 22.7. The molecule has 0 saturated heterocycles. The van der Waals surface area contributed by atoms with Gasteiger partial charge < -0.3 is 10.1 Å². The monoisotopic (exact) mass is 458 g/mol. The number of ether oxygens (including phenoxy) is 1. The van der Waals surface area contributed by atoms with E-state index in [1.807, 2.05) is 0 Å². The number of carbonyl (C=O) groups is 1. The molecule has 3 aromatic rings. The second-order valence-electron chi connectivity index (χ2n) is 7.44. The van der Waals surface area contributed by atoms with Gasteiger partial charge in [0, 0.05) is 23.4 Å². The average molecular weight is 458 g/mol. The largest absolute Gasteiger partial charge is 0.489 e. The summed E-state index contributed by atoms with van der Waals surface area (Å²) in [5, 5.41) is 2.66. The lowest BCUT2D eigenvalue weighted by molar-refractivity contribution is 0.102. The summed E-state index contributed by atoms with van der Waals surface area (Å²) in [5.74, 6) is -1.54. The number of halogens is 2. The summed E-state index contributed by atoms with van der Waals surface area (Å²) < 4.78 is 60.1. The molecule has 0 heterocycles. The van der Waals surface area contributed by atoms with E-state index in [2.05, 4.69) is 10.0 Å². The van der Waals surface area contributed by atoms with E-state index in [1.54, 1.807) is 36.4 Å². The van der Waals surface area contributed by atoms with Crippen molar-refractivity contribution in [3.8, 4) is 5.75 Å². The molecule has 1 amide bonds. The standard InChI is InChI=1S/C23H20F2N2O4S/c24-17-4-2-6-20(13-17)31-14-15-3-1-5-19(11-15)26-23(28)16-7-10-21(25)22(12-16)32(29,30)27-18-8-9-18/h1-7,10-13,18,27H,8-9,14H2,(H,26,28). The maximum atomic E-state index is 14.1. The van der Waals surface area contributed by atoms with Gasteiger partial charge >= 0.3 is 0 Å². The third-order valence-electron chi connectivity index (χ3n) is 4.77. The normalized spacial score (nSPS) is 13.6. The highest BCUT2D eigenvalue weighted by Crippen LogP contribution is 2.24. The molecular weight excluding hydrogens is 438 g/mol. The minimum atomic E-state index is -4.05. The molecule has 32 heavy (non-hydrogen) atoms. The van der Waals surface area contributed by atoms with Gasteiger partial charge in [0.15, 0.2) is 0 Å². The summed E-state index contributed by atoms with van der Waals surface area (Å²) in [6.07, 6.45) is 1.42. The Hall–Kier alpha value is -3.30. The molecule has 6 nitrogen and oxygen atoms in total. The fraction of sp³-hybridized carbons (Fsp3) is 0.174. The van der Waals surface area contributed by atoms with Crippen LogP contribution in [0.15, 0.2) is 71.6 Å². The molecule has 1 saturated carbocycles. The van der Waals surface area contributed by atoms with Crippen LogP contribution in [-0.4, -0.2) is 20.4 Å². The zero-order valence-corrected chi connectivity index (χ0v) is 17.7. The van der Waals surface area contributed by atoms with Gasteiger partial charge in [-0.25, -0.2) is 21.9 Å². The van der Waals surface area contributed by atoms with Crippen LogP contribution in [0, 0.1) is 11.6 Å². The lowest BCUT2D eigenvalue weighted by Crippen LogP contribution is -2.27. The SMILES string of the molecule is O=C(Nc1cccc(COc2cccc(F)c2)c1)c1ccc(F)c(S(=O)(=O)NC2CC2)c1. The highest BCUT2D eigenvalue weighted by molar-refractivity contribution is 7.89. The lowest BCUT2D eigenvalue weighted by Gasteiger charge is -2.11. The van der Waals surface area contributed by atoms with Crippen molar-refractivity contribution < 1.29 is 26.7 Å². The Kier molecular flexibility index (Phi) is 6.20. The molecule has 0 atom stereocenters. The summed E-state index contributed by atoms with van der Waals surface area (Å²) in [4.78, 5) is 12.1. The van der Waals surface area contributed by atoms with Crippen LogP contribution < -0.4 is 14.8 Å². The highest BCUT2D eigenvalue weighted by atomic mass is 32.2. The first-order chi connectivity index (χ1) is 15.3. The molecule has 3 aromatic carbocycles. The van der Waals surface area contributed by atoms with E-state index in [1.165, 1.54) is 18.2 Å². The Balaban J connectivity index is 1.46. The van der Waals surface area contributed by atoms with Crippen molar-refractivity contribution in [2.24, 2.45) is 0 Å². The van der Waals surface area contributed by atoms with Gasteiger partial charge in [0.05, 0.1) is 0 Å². The molecule has 4 rings (SSSR count). The number of hydrogen-bond donors (Lipinski definition) is 2. The van der Waals surface area contributed by atoms with E-state index < -0.39 is 32.5 Å². The number of hydrogen-bond acceptors (Lipinski definition) is 4. The number of sulfonamides is 1. The third-order valence-corrected chi connectivity index (χ3v) is 6.30. The van der Waals surface area contributed by atoms with Crippen molar-refractivity contribution in [3.05, 3.63) is 89.5 Å². The van der Waals surface area contributed by atoms with Crippen molar-refractivity contribution in [3.63, 3.8) is 0 Å². The van der Waals surface area contributed by atoms with E-state index in [-0.39, 0.29) is 18.2 Å². The first-order valence-electron chi connectivity index (χ1n) is 9.91. The van der Waals surface area contributed by atoms with Crippen LogP contribution in [0.3, 0.4) is 0 Å². The van der Waals surface area contributed by atoms with Gasteiger partial charge in [-0.1, -0.05) is 18.2 Å². The smallest absolute Gasteiger partial charge is 0.255 e. The zero-order valence-electron chi connectivity index (χ0n) is 16.8. The number of nitrogens with one attached hydrogen (secondary N) is 2. The van der Waals surface area contributed by atoms with Crippen molar-refractivity contribution >= 4 is 21.6 Å². The van der Waals surface area contributed by atoms with Gasteiger partial charge in [-0.05, 0) is 60.9 Å².